The number of aromatic amines is 1. The number of hydrogen-bond donors (Lipinski definition) is 2. The fourth-order valence-corrected chi connectivity index (χ4v) is 3.34. The van der Waals surface area contributed by atoms with E-state index in [-0.39, 0.29) is 22.7 Å². The van der Waals surface area contributed by atoms with Gasteiger partial charge < -0.3 is 14.9 Å². The maximum Gasteiger partial charge on any atom is 0.279 e. The lowest BCUT2D eigenvalue weighted by Gasteiger charge is -2.08. The Morgan fingerprint density at radius 2 is 1.96 bits per heavy atom. The molecule has 0 bridgehead atoms. The average molecular weight is 371 g/mol. The number of aromatic nitrogens is 4. The Labute approximate surface area is 155 Å². The van der Waals surface area contributed by atoms with Gasteiger partial charge in [0, 0.05) is 12.7 Å². The molecule has 0 aliphatic heterocycles. The van der Waals surface area contributed by atoms with Gasteiger partial charge in [-0.3, -0.25) is 9.59 Å². The van der Waals surface area contributed by atoms with Gasteiger partial charge in [-0.05, 0) is 30.5 Å². The van der Waals surface area contributed by atoms with Crippen molar-refractivity contribution in [3.8, 4) is 0 Å². The molecule has 2 N–H and O–H groups in total. The van der Waals surface area contributed by atoms with Gasteiger partial charge in [0.05, 0.1) is 5.75 Å². The second kappa shape index (κ2) is 7.33. The van der Waals surface area contributed by atoms with Crippen LogP contribution < -0.4 is 10.9 Å². The molecule has 0 radical (unpaired) electrons. The summed E-state index contributed by atoms with van der Waals surface area (Å²) in [5, 5.41) is 3.45. The Morgan fingerprint density at radius 3 is 2.62 bits per heavy atom. The van der Waals surface area contributed by atoms with Gasteiger partial charge in [0.1, 0.15) is 5.82 Å². The van der Waals surface area contributed by atoms with Gasteiger partial charge in [0.25, 0.3) is 5.56 Å². The topological polar surface area (TPSA) is 92.7 Å². The fraction of sp³-hybridized carbons (Fsp3) is 0.333. The summed E-state index contributed by atoms with van der Waals surface area (Å²) in [5.74, 6) is 1.05. The monoisotopic (exact) mass is 371 g/mol. The molecule has 0 aliphatic rings. The first-order chi connectivity index (χ1) is 12.3. The van der Waals surface area contributed by atoms with Crippen molar-refractivity contribution in [3.05, 3.63) is 46.0 Å². The van der Waals surface area contributed by atoms with E-state index in [4.69, 9.17) is 0 Å². The number of fused-ring (bicyclic) bond motifs is 1. The second-order valence-electron chi connectivity index (χ2n) is 6.39. The zero-order valence-electron chi connectivity index (χ0n) is 15.2. The summed E-state index contributed by atoms with van der Waals surface area (Å²) < 4.78 is 1.73. The lowest BCUT2D eigenvalue weighted by atomic mass is 10.0. The van der Waals surface area contributed by atoms with Crippen LogP contribution in [0.25, 0.3) is 11.2 Å². The largest absolute Gasteiger partial charge is 0.325 e. The highest BCUT2D eigenvalue weighted by Crippen LogP contribution is 2.21. The minimum absolute atomic E-state index is 0.127. The maximum absolute atomic E-state index is 12.2. The van der Waals surface area contributed by atoms with Crippen molar-refractivity contribution in [1.82, 2.24) is 19.5 Å². The molecule has 0 aliphatic carbocycles. The van der Waals surface area contributed by atoms with Crippen LogP contribution in [0.5, 0.6) is 0 Å². The number of nitrogens with zero attached hydrogens (tertiary/aromatic N) is 3. The lowest BCUT2D eigenvalue weighted by molar-refractivity contribution is -0.113. The molecular weight excluding hydrogens is 350 g/mol. The summed E-state index contributed by atoms with van der Waals surface area (Å²) in [4.78, 5) is 35.4. The van der Waals surface area contributed by atoms with Crippen LogP contribution in [0.15, 0.2) is 34.2 Å². The molecule has 0 unspecified atom stereocenters. The van der Waals surface area contributed by atoms with Gasteiger partial charge in [0.2, 0.25) is 5.91 Å². The smallest absolute Gasteiger partial charge is 0.279 e. The number of thioether (sulfide) groups is 1. The standard InChI is InChI=1S/C18H21N5O2S/c1-10(2)12-5-7-13(8-6-12)21-14(24)9-26-18-22-15-16(23(18)4)19-11(3)20-17(15)25/h5-8,10H,9H2,1-4H3,(H,21,24)(H,19,20,25). The molecule has 26 heavy (non-hydrogen) atoms. The van der Waals surface area contributed by atoms with Crippen molar-refractivity contribution < 1.29 is 4.79 Å². The maximum atomic E-state index is 12.2. The predicted octanol–water partition coefficient (Wildman–Crippen LogP) is 2.82. The Hall–Kier alpha value is -2.61. The third-order valence-electron chi connectivity index (χ3n) is 4.00. The molecule has 8 heteroatoms. The number of hydrogen-bond acceptors (Lipinski definition) is 5. The van der Waals surface area contributed by atoms with Gasteiger partial charge >= 0.3 is 0 Å². The SMILES string of the molecule is Cc1nc2c(nc(SCC(=O)Nc3ccc(C(C)C)cc3)n2C)c(=O)[nH]1. The van der Waals surface area contributed by atoms with Crippen LogP contribution in [-0.2, 0) is 11.8 Å². The number of H-pyrrole nitrogens is 1. The highest BCUT2D eigenvalue weighted by Gasteiger charge is 2.14. The second-order valence-corrected chi connectivity index (χ2v) is 7.33. The van der Waals surface area contributed by atoms with Gasteiger partial charge in [-0.25, -0.2) is 9.97 Å². The molecule has 2 aromatic heterocycles. The first-order valence-electron chi connectivity index (χ1n) is 8.31. The molecule has 1 amide bonds. The van der Waals surface area contributed by atoms with Crippen LogP contribution in [0.4, 0.5) is 5.69 Å². The van der Waals surface area contributed by atoms with E-state index in [1.54, 1.807) is 18.5 Å². The predicted molar refractivity (Wildman–Crippen MR) is 104 cm³/mol. The van der Waals surface area contributed by atoms with Crippen LogP contribution in [-0.4, -0.2) is 31.2 Å². The summed E-state index contributed by atoms with van der Waals surface area (Å²) in [6.45, 7) is 5.98. The number of aryl methyl sites for hydroxylation is 2. The first-order valence-corrected chi connectivity index (χ1v) is 9.29. The van der Waals surface area contributed by atoms with E-state index < -0.39 is 0 Å². The molecule has 0 saturated carbocycles. The first kappa shape index (κ1) is 18.2. The summed E-state index contributed by atoms with van der Waals surface area (Å²) >= 11 is 1.27. The zero-order valence-corrected chi connectivity index (χ0v) is 16.0. The highest BCUT2D eigenvalue weighted by molar-refractivity contribution is 7.99. The number of carbonyl (C=O) groups excluding carboxylic acids is 1. The number of nitrogens with one attached hydrogen (secondary N) is 2. The van der Waals surface area contributed by atoms with E-state index in [1.165, 1.54) is 17.3 Å². The lowest BCUT2D eigenvalue weighted by Crippen LogP contribution is -2.14. The van der Waals surface area contributed by atoms with Crippen molar-refractivity contribution in [2.24, 2.45) is 7.05 Å². The average Bonchev–Trinajstić information content (AvgIpc) is 2.90. The summed E-state index contributed by atoms with van der Waals surface area (Å²) in [5.41, 5.74) is 2.51. The van der Waals surface area contributed by atoms with Crippen LogP contribution in [0, 0.1) is 6.92 Å². The van der Waals surface area contributed by atoms with E-state index in [9.17, 15) is 9.59 Å². The highest BCUT2D eigenvalue weighted by atomic mass is 32.2. The zero-order chi connectivity index (χ0) is 18.8. The number of amides is 1. The number of rotatable bonds is 5. The van der Waals surface area contributed by atoms with Crippen LogP contribution in [0.3, 0.4) is 0 Å². The summed E-state index contributed by atoms with van der Waals surface area (Å²) in [6.07, 6.45) is 0. The molecule has 7 nitrogen and oxygen atoms in total. The minimum atomic E-state index is -0.273. The van der Waals surface area contributed by atoms with Crippen molar-refractivity contribution in [2.45, 2.75) is 31.8 Å². The van der Waals surface area contributed by atoms with E-state index in [0.717, 1.165) is 5.69 Å². The van der Waals surface area contributed by atoms with Gasteiger partial charge in [-0.2, -0.15) is 0 Å². The molecule has 3 rings (SSSR count). The van der Waals surface area contributed by atoms with Crippen molar-refractivity contribution in [1.29, 1.82) is 0 Å². The van der Waals surface area contributed by atoms with Gasteiger partial charge in [-0.15, -0.1) is 0 Å². The van der Waals surface area contributed by atoms with Crippen LogP contribution in [0.2, 0.25) is 0 Å². The number of benzene rings is 1. The van der Waals surface area contributed by atoms with Crippen LogP contribution >= 0.6 is 11.8 Å². The number of carbonyl (C=O) groups is 1. The minimum Gasteiger partial charge on any atom is -0.325 e. The molecule has 0 fully saturated rings. The summed E-state index contributed by atoms with van der Waals surface area (Å²) in [7, 11) is 1.78. The fourth-order valence-electron chi connectivity index (χ4n) is 2.57. The molecular formula is C18H21N5O2S. The van der Waals surface area contributed by atoms with E-state index >= 15 is 0 Å². The van der Waals surface area contributed by atoms with Crippen molar-refractivity contribution in [3.63, 3.8) is 0 Å². The van der Waals surface area contributed by atoms with Crippen molar-refractivity contribution in [2.75, 3.05) is 11.1 Å². The van der Waals surface area contributed by atoms with E-state index in [2.05, 4.69) is 34.1 Å². The van der Waals surface area contributed by atoms with Crippen molar-refractivity contribution >= 4 is 34.5 Å². The molecule has 1 aromatic carbocycles. The van der Waals surface area contributed by atoms with Gasteiger partial charge in [0.15, 0.2) is 16.3 Å². The van der Waals surface area contributed by atoms with E-state index in [0.29, 0.717) is 22.5 Å². The Bertz CT molecular complexity index is 1000. The Morgan fingerprint density at radius 1 is 1.27 bits per heavy atom. The van der Waals surface area contributed by atoms with Crippen LogP contribution in [0.1, 0.15) is 31.2 Å². The van der Waals surface area contributed by atoms with E-state index in [1.807, 2.05) is 24.3 Å². The Kier molecular flexibility index (Phi) is 5.13. The summed E-state index contributed by atoms with van der Waals surface area (Å²) in [6, 6.07) is 7.83. The number of anilines is 1. The molecule has 136 valence electrons. The molecule has 2 heterocycles. The molecule has 0 spiro atoms. The Balaban J connectivity index is 1.68. The normalized spacial score (nSPS) is 11.3. The molecule has 3 aromatic rings. The third-order valence-corrected chi connectivity index (χ3v) is 5.03. The van der Waals surface area contributed by atoms with Gasteiger partial charge in [-0.1, -0.05) is 37.7 Å². The quantitative estimate of drug-likeness (QED) is 0.673. The molecule has 0 atom stereocenters. The molecule has 0 saturated heterocycles. The number of imidazole rings is 1. The third kappa shape index (κ3) is 3.80.